The number of carbonyl (C=O) groups is 2. The third-order valence-corrected chi connectivity index (χ3v) is 8.36. The van der Waals surface area contributed by atoms with Crippen LogP contribution in [0.1, 0.15) is 109 Å². The van der Waals surface area contributed by atoms with Crippen molar-refractivity contribution in [2.45, 2.75) is 110 Å². The van der Waals surface area contributed by atoms with Gasteiger partial charge < -0.3 is 0 Å². The van der Waals surface area contributed by atoms with Crippen molar-refractivity contribution < 1.29 is 35.9 Å². The molecule has 0 aromatic heterocycles. The molecule has 40 heavy (non-hydrogen) atoms. The van der Waals surface area contributed by atoms with Crippen molar-refractivity contribution in [3.05, 3.63) is 69.3 Å². The standard InChI is InChI=1S/C32H38F6O2/c1-6-9-21-18-24(31(35,30(5,33)34)32(36,37)38)16-19(3)25(21)10-8-11-29(40)23-13-15-27-22(17-23)12-14-26(27)20(4)28(39)7-2/h13,15-18,20,26H,6-12,14H2,1-5H3. The number of aryl methyl sites for hydroxylation is 3. The summed E-state index contributed by atoms with van der Waals surface area (Å²) in [4.78, 5) is 25.2. The van der Waals surface area contributed by atoms with Gasteiger partial charge in [0.2, 0.25) is 0 Å². The summed E-state index contributed by atoms with van der Waals surface area (Å²) in [5.41, 5.74) is -1.79. The molecule has 0 N–H and O–H groups in total. The Morgan fingerprint density at radius 3 is 2.25 bits per heavy atom. The Bertz CT molecular complexity index is 1230. The Hall–Kier alpha value is -2.64. The van der Waals surface area contributed by atoms with Crippen LogP contribution >= 0.6 is 0 Å². The van der Waals surface area contributed by atoms with E-state index in [1.807, 2.05) is 26.0 Å². The predicted octanol–water partition coefficient (Wildman–Crippen LogP) is 9.18. The van der Waals surface area contributed by atoms with Crippen molar-refractivity contribution in [3.63, 3.8) is 0 Å². The summed E-state index contributed by atoms with van der Waals surface area (Å²) in [5, 5.41) is 0. The maximum atomic E-state index is 15.1. The molecule has 220 valence electrons. The van der Waals surface area contributed by atoms with Crippen molar-refractivity contribution in [2.75, 3.05) is 0 Å². The second-order valence-electron chi connectivity index (χ2n) is 11.2. The molecule has 0 bridgehead atoms. The minimum atomic E-state index is -5.80. The quantitative estimate of drug-likeness (QED) is 0.189. The lowest BCUT2D eigenvalue weighted by molar-refractivity contribution is -0.304. The zero-order chi connectivity index (χ0) is 30.0. The van der Waals surface area contributed by atoms with Crippen molar-refractivity contribution in [1.29, 1.82) is 0 Å². The Morgan fingerprint density at radius 1 is 1.00 bits per heavy atom. The van der Waals surface area contributed by atoms with E-state index in [1.165, 1.54) is 6.92 Å². The molecule has 2 aromatic carbocycles. The molecule has 3 rings (SSSR count). The third-order valence-electron chi connectivity index (χ3n) is 8.36. The lowest BCUT2D eigenvalue weighted by atomic mass is 9.83. The molecule has 0 fully saturated rings. The Balaban J connectivity index is 1.78. The molecule has 2 aromatic rings. The number of rotatable bonds is 12. The molecular weight excluding hydrogens is 530 g/mol. The van der Waals surface area contributed by atoms with E-state index in [0.29, 0.717) is 54.4 Å². The second-order valence-corrected chi connectivity index (χ2v) is 11.2. The molecule has 1 aliphatic carbocycles. The highest BCUT2D eigenvalue weighted by Crippen LogP contribution is 2.53. The van der Waals surface area contributed by atoms with Crippen LogP contribution < -0.4 is 0 Å². The number of Topliss-reactive ketones (excluding diaryl/α,β-unsaturated/α-hetero) is 2. The van der Waals surface area contributed by atoms with E-state index in [9.17, 15) is 31.5 Å². The first-order valence-corrected chi connectivity index (χ1v) is 14.0. The molecule has 3 atom stereocenters. The first-order chi connectivity index (χ1) is 18.6. The van der Waals surface area contributed by atoms with Crippen LogP contribution in [0.25, 0.3) is 0 Å². The van der Waals surface area contributed by atoms with E-state index < -0.39 is 23.3 Å². The number of fused-ring (bicyclic) bond motifs is 1. The van der Waals surface area contributed by atoms with Crippen LogP contribution in [0.15, 0.2) is 30.3 Å². The van der Waals surface area contributed by atoms with Gasteiger partial charge in [-0.05, 0) is 78.8 Å². The number of benzene rings is 2. The average Bonchev–Trinajstić information content (AvgIpc) is 3.30. The number of halogens is 6. The zero-order valence-corrected chi connectivity index (χ0v) is 23.8. The first kappa shape index (κ1) is 31.9. The van der Waals surface area contributed by atoms with Crippen LogP contribution in [-0.4, -0.2) is 23.7 Å². The Labute approximate surface area is 232 Å². The molecule has 1 aliphatic rings. The van der Waals surface area contributed by atoms with Gasteiger partial charge in [0.1, 0.15) is 5.78 Å². The summed E-state index contributed by atoms with van der Waals surface area (Å²) in [6.07, 6.45) is -1.85. The minimum Gasteiger partial charge on any atom is -0.299 e. The molecule has 0 spiro atoms. The molecule has 0 heterocycles. The van der Waals surface area contributed by atoms with Crippen molar-refractivity contribution in [1.82, 2.24) is 0 Å². The largest absolute Gasteiger partial charge is 0.432 e. The number of alkyl halides is 6. The zero-order valence-electron chi connectivity index (χ0n) is 23.8. The van der Waals surface area contributed by atoms with E-state index in [4.69, 9.17) is 0 Å². The topological polar surface area (TPSA) is 34.1 Å². The fraction of sp³-hybridized carbons (Fsp3) is 0.562. The van der Waals surface area contributed by atoms with Crippen LogP contribution in [-0.2, 0) is 29.7 Å². The highest BCUT2D eigenvalue weighted by Gasteiger charge is 2.70. The van der Waals surface area contributed by atoms with Crippen LogP contribution in [0.2, 0.25) is 0 Å². The lowest BCUT2D eigenvalue weighted by Crippen LogP contribution is -2.51. The van der Waals surface area contributed by atoms with Gasteiger partial charge in [-0.15, -0.1) is 0 Å². The minimum absolute atomic E-state index is 0.0563. The van der Waals surface area contributed by atoms with Crippen LogP contribution in [0.5, 0.6) is 0 Å². The van der Waals surface area contributed by atoms with Gasteiger partial charge >= 0.3 is 6.18 Å². The van der Waals surface area contributed by atoms with Gasteiger partial charge in [-0.1, -0.05) is 51.5 Å². The molecule has 8 heteroatoms. The Kier molecular flexibility index (Phi) is 9.62. The van der Waals surface area contributed by atoms with Gasteiger partial charge in [0.15, 0.2) is 5.78 Å². The van der Waals surface area contributed by atoms with Crippen LogP contribution in [0, 0.1) is 12.8 Å². The molecule has 2 nitrogen and oxygen atoms in total. The number of carbonyl (C=O) groups excluding carboxylic acids is 2. The molecule has 0 radical (unpaired) electrons. The fourth-order valence-electron chi connectivity index (χ4n) is 6.06. The van der Waals surface area contributed by atoms with E-state index in [2.05, 4.69) is 0 Å². The normalized spacial score (nSPS) is 17.8. The van der Waals surface area contributed by atoms with Crippen molar-refractivity contribution in [2.24, 2.45) is 5.92 Å². The number of hydrogen-bond acceptors (Lipinski definition) is 2. The summed E-state index contributed by atoms with van der Waals surface area (Å²) in [5.74, 6) is -4.43. The molecular formula is C32H38F6O2. The van der Waals surface area contributed by atoms with E-state index >= 15 is 4.39 Å². The highest BCUT2D eigenvalue weighted by molar-refractivity contribution is 5.96. The fourth-order valence-corrected chi connectivity index (χ4v) is 6.06. The highest BCUT2D eigenvalue weighted by atomic mass is 19.4. The monoisotopic (exact) mass is 568 g/mol. The average molecular weight is 569 g/mol. The van der Waals surface area contributed by atoms with Crippen LogP contribution in [0.3, 0.4) is 0 Å². The van der Waals surface area contributed by atoms with E-state index in [0.717, 1.165) is 36.1 Å². The van der Waals surface area contributed by atoms with Gasteiger partial charge in [-0.3, -0.25) is 9.59 Å². The number of hydrogen-bond donors (Lipinski definition) is 0. The summed E-state index contributed by atoms with van der Waals surface area (Å²) in [7, 11) is 0. The molecule has 0 saturated heterocycles. The summed E-state index contributed by atoms with van der Waals surface area (Å²) in [6.45, 7) is 7.05. The second kappa shape index (κ2) is 12.1. The smallest absolute Gasteiger partial charge is 0.299 e. The van der Waals surface area contributed by atoms with Crippen molar-refractivity contribution in [3.8, 4) is 0 Å². The Morgan fingerprint density at radius 2 is 1.68 bits per heavy atom. The molecule has 0 amide bonds. The summed E-state index contributed by atoms with van der Waals surface area (Å²) in [6, 6.07) is 7.40. The van der Waals surface area contributed by atoms with E-state index in [1.54, 1.807) is 13.0 Å². The predicted molar refractivity (Wildman–Crippen MR) is 144 cm³/mol. The van der Waals surface area contributed by atoms with E-state index in [-0.39, 0.29) is 36.7 Å². The van der Waals surface area contributed by atoms with Gasteiger partial charge in [0.05, 0.1) is 0 Å². The lowest BCUT2D eigenvalue weighted by Gasteiger charge is -2.34. The molecule has 0 saturated carbocycles. The first-order valence-electron chi connectivity index (χ1n) is 14.0. The molecule has 3 unspecified atom stereocenters. The maximum absolute atomic E-state index is 15.1. The van der Waals surface area contributed by atoms with Gasteiger partial charge in [-0.2, -0.15) is 13.2 Å². The third kappa shape index (κ3) is 6.15. The summed E-state index contributed by atoms with van der Waals surface area (Å²) >= 11 is 0. The molecule has 0 aliphatic heterocycles. The number of ketones is 2. The van der Waals surface area contributed by atoms with Gasteiger partial charge in [0, 0.05) is 36.8 Å². The van der Waals surface area contributed by atoms with Crippen molar-refractivity contribution >= 4 is 11.6 Å². The van der Waals surface area contributed by atoms with Crippen LogP contribution in [0.4, 0.5) is 26.3 Å². The van der Waals surface area contributed by atoms with Gasteiger partial charge in [0.25, 0.3) is 11.6 Å². The van der Waals surface area contributed by atoms with Gasteiger partial charge in [-0.25, -0.2) is 13.2 Å². The SMILES string of the molecule is CCCc1cc(C(F)(C(C)(F)F)C(F)(F)F)cc(C)c1CCCC(=O)c1ccc2c(c1)CCC2C(C)C(=O)CC. The summed E-state index contributed by atoms with van der Waals surface area (Å²) < 4.78 is 83.8. The maximum Gasteiger partial charge on any atom is 0.432 e.